The van der Waals surface area contributed by atoms with Gasteiger partial charge in [-0.05, 0) is 18.9 Å². The maximum absolute atomic E-state index is 11.5. The Bertz CT molecular complexity index is 578. The maximum atomic E-state index is 11.5. The van der Waals surface area contributed by atoms with Crippen molar-refractivity contribution in [1.82, 2.24) is 20.3 Å². The van der Waals surface area contributed by atoms with Crippen LogP contribution in [0.15, 0.2) is 18.3 Å². The first kappa shape index (κ1) is 18.5. The van der Waals surface area contributed by atoms with E-state index in [0.29, 0.717) is 24.8 Å². The van der Waals surface area contributed by atoms with Gasteiger partial charge in [-0.15, -0.1) is 5.10 Å². The predicted molar refractivity (Wildman–Crippen MR) is 82.1 cm³/mol. The number of ketones is 1. The van der Waals surface area contributed by atoms with E-state index in [1.54, 1.807) is 6.20 Å². The molecule has 1 heterocycles. The number of amides is 1. The molecule has 1 amide bonds. The first-order valence-corrected chi connectivity index (χ1v) is 7.38. The molecule has 0 fully saturated rings. The summed E-state index contributed by atoms with van der Waals surface area (Å²) in [6, 6.07) is 0. The van der Waals surface area contributed by atoms with Crippen molar-refractivity contribution in [1.29, 1.82) is 0 Å². The van der Waals surface area contributed by atoms with Gasteiger partial charge in [-0.2, -0.15) is 0 Å². The Morgan fingerprint density at radius 1 is 1.35 bits per heavy atom. The molecule has 0 aliphatic rings. The Balaban J connectivity index is 2.33. The number of hydrogen-bond acceptors (Lipinski definition) is 6. The molecule has 0 unspecified atom stereocenters. The molecule has 0 spiro atoms. The van der Waals surface area contributed by atoms with Crippen LogP contribution in [-0.4, -0.2) is 39.3 Å². The molecular weight excluding hydrogens is 300 g/mol. The SMILES string of the molecule is CC(=O)/C=C\C(=O)NCc1cn(CCC(=O)OCC(C)C)nn1. The highest BCUT2D eigenvalue weighted by molar-refractivity contribution is 5.96. The van der Waals surface area contributed by atoms with Crippen molar-refractivity contribution < 1.29 is 19.1 Å². The second-order valence-corrected chi connectivity index (χ2v) is 5.46. The van der Waals surface area contributed by atoms with Crippen molar-refractivity contribution in [2.75, 3.05) is 6.61 Å². The van der Waals surface area contributed by atoms with Crippen LogP contribution in [0, 0.1) is 5.92 Å². The number of aryl methyl sites for hydroxylation is 1. The van der Waals surface area contributed by atoms with Crippen LogP contribution in [0.2, 0.25) is 0 Å². The van der Waals surface area contributed by atoms with Crippen LogP contribution < -0.4 is 5.32 Å². The molecule has 1 rings (SSSR count). The molecule has 8 heteroatoms. The molecular formula is C15H22N4O4. The summed E-state index contributed by atoms with van der Waals surface area (Å²) in [5.74, 6) is -0.557. The predicted octanol–water partition coefficient (Wildman–Crippen LogP) is 0.629. The number of carbonyl (C=O) groups is 3. The van der Waals surface area contributed by atoms with Crippen molar-refractivity contribution >= 4 is 17.7 Å². The zero-order valence-electron chi connectivity index (χ0n) is 13.6. The summed E-state index contributed by atoms with van der Waals surface area (Å²) in [6.45, 7) is 6.26. The Morgan fingerprint density at radius 3 is 2.74 bits per heavy atom. The summed E-state index contributed by atoms with van der Waals surface area (Å²) in [7, 11) is 0. The number of carbonyl (C=O) groups excluding carboxylic acids is 3. The number of ether oxygens (including phenoxy) is 1. The van der Waals surface area contributed by atoms with E-state index in [0.717, 1.165) is 6.08 Å². The molecule has 0 aliphatic heterocycles. The quantitative estimate of drug-likeness (QED) is 0.528. The molecule has 0 saturated heterocycles. The fraction of sp³-hybridized carbons (Fsp3) is 0.533. The highest BCUT2D eigenvalue weighted by Crippen LogP contribution is 1.98. The van der Waals surface area contributed by atoms with Gasteiger partial charge >= 0.3 is 5.97 Å². The second kappa shape index (κ2) is 9.50. The first-order valence-electron chi connectivity index (χ1n) is 7.38. The minimum absolute atomic E-state index is 0.193. The zero-order valence-corrected chi connectivity index (χ0v) is 13.6. The van der Waals surface area contributed by atoms with E-state index in [4.69, 9.17) is 4.74 Å². The minimum atomic E-state index is -0.382. The van der Waals surface area contributed by atoms with Gasteiger partial charge in [-0.25, -0.2) is 0 Å². The number of aromatic nitrogens is 3. The van der Waals surface area contributed by atoms with Crippen LogP contribution in [0.4, 0.5) is 0 Å². The Morgan fingerprint density at radius 2 is 2.09 bits per heavy atom. The third kappa shape index (κ3) is 8.50. The molecule has 1 aromatic heterocycles. The van der Waals surface area contributed by atoms with Gasteiger partial charge in [0.1, 0.15) is 5.69 Å². The fourth-order valence-corrected chi connectivity index (χ4v) is 1.50. The fourth-order valence-electron chi connectivity index (χ4n) is 1.50. The van der Waals surface area contributed by atoms with Gasteiger partial charge in [0.15, 0.2) is 5.78 Å². The van der Waals surface area contributed by atoms with Crippen molar-refractivity contribution in [3.8, 4) is 0 Å². The molecule has 0 aliphatic carbocycles. The summed E-state index contributed by atoms with van der Waals surface area (Å²) in [6.07, 6.45) is 4.21. The van der Waals surface area contributed by atoms with Crippen LogP contribution in [0.25, 0.3) is 0 Å². The Hall–Kier alpha value is -2.51. The third-order valence-corrected chi connectivity index (χ3v) is 2.62. The topological polar surface area (TPSA) is 103 Å². The number of esters is 1. The van der Waals surface area contributed by atoms with Crippen LogP contribution >= 0.6 is 0 Å². The van der Waals surface area contributed by atoms with Gasteiger partial charge in [-0.1, -0.05) is 19.1 Å². The molecule has 8 nitrogen and oxygen atoms in total. The van der Waals surface area contributed by atoms with Crippen molar-refractivity contribution in [3.05, 3.63) is 24.0 Å². The molecule has 1 N–H and O–H groups in total. The maximum Gasteiger partial charge on any atom is 0.307 e. The third-order valence-electron chi connectivity index (χ3n) is 2.62. The number of nitrogens with one attached hydrogen (secondary N) is 1. The highest BCUT2D eigenvalue weighted by Gasteiger charge is 2.07. The summed E-state index contributed by atoms with van der Waals surface area (Å²) in [5, 5.41) is 10.3. The Kier molecular flexibility index (Phi) is 7.65. The summed E-state index contributed by atoms with van der Waals surface area (Å²) in [5.41, 5.74) is 0.560. The van der Waals surface area contributed by atoms with Crippen LogP contribution in [0.1, 0.15) is 32.9 Å². The number of hydrogen-bond donors (Lipinski definition) is 1. The lowest BCUT2D eigenvalue weighted by molar-refractivity contribution is -0.145. The number of nitrogens with zero attached hydrogens (tertiary/aromatic N) is 3. The molecule has 23 heavy (non-hydrogen) atoms. The van der Waals surface area contributed by atoms with Crippen LogP contribution in [-0.2, 0) is 32.2 Å². The average molecular weight is 322 g/mol. The van der Waals surface area contributed by atoms with Gasteiger partial charge in [0.25, 0.3) is 0 Å². The standard InChI is InChI=1S/C15H22N4O4/c1-11(2)10-23-15(22)6-7-19-9-13(17-18-19)8-16-14(21)5-4-12(3)20/h4-5,9,11H,6-8,10H2,1-3H3,(H,16,21)/b5-4-. The lowest BCUT2D eigenvalue weighted by atomic mass is 10.2. The average Bonchev–Trinajstić information content (AvgIpc) is 2.94. The van der Waals surface area contributed by atoms with E-state index in [2.05, 4.69) is 15.6 Å². The molecule has 0 saturated carbocycles. The number of allylic oxidation sites excluding steroid dienone is 1. The Labute approximate surface area is 134 Å². The van der Waals surface area contributed by atoms with Gasteiger partial charge < -0.3 is 10.1 Å². The second-order valence-electron chi connectivity index (χ2n) is 5.46. The van der Waals surface area contributed by atoms with E-state index in [9.17, 15) is 14.4 Å². The van der Waals surface area contributed by atoms with Crippen molar-refractivity contribution in [2.45, 2.75) is 40.3 Å². The van der Waals surface area contributed by atoms with E-state index in [1.807, 2.05) is 13.8 Å². The van der Waals surface area contributed by atoms with Crippen molar-refractivity contribution in [3.63, 3.8) is 0 Å². The molecule has 0 radical (unpaired) electrons. The summed E-state index contributed by atoms with van der Waals surface area (Å²) in [4.78, 5) is 33.6. The highest BCUT2D eigenvalue weighted by atomic mass is 16.5. The molecule has 0 bridgehead atoms. The van der Waals surface area contributed by atoms with E-state index < -0.39 is 0 Å². The number of rotatable bonds is 9. The van der Waals surface area contributed by atoms with E-state index in [1.165, 1.54) is 17.7 Å². The lowest BCUT2D eigenvalue weighted by Crippen LogP contribution is -2.20. The van der Waals surface area contributed by atoms with Crippen LogP contribution in [0.3, 0.4) is 0 Å². The zero-order chi connectivity index (χ0) is 17.2. The molecule has 0 atom stereocenters. The molecule has 0 aromatic carbocycles. The van der Waals surface area contributed by atoms with Crippen LogP contribution in [0.5, 0.6) is 0 Å². The largest absolute Gasteiger partial charge is 0.465 e. The summed E-state index contributed by atoms with van der Waals surface area (Å²) < 4.78 is 6.58. The van der Waals surface area contributed by atoms with E-state index >= 15 is 0 Å². The first-order chi connectivity index (χ1) is 10.9. The smallest absolute Gasteiger partial charge is 0.307 e. The van der Waals surface area contributed by atoms with Gasteiger partial charge in [0, 0.05) is 6.08 Å². The summed E-state index contributed by atoms with van der Waals surface area (Å²) >= 11 is 0. The van der Waals surface area contributed by atoms with E-state index in [-0.39, 0.29) is 30.6 Å². The molecule has 126 valence electrons. The minimum Gasteiger partial charge on any atom is -0.465 e. The molecule has 1 aromatic rings. The van der Waals surface area contributed by atoms with Crippen molar-refractivity contribution in [2.24, 2.45) is 5.92 Å². The normalized spacial score (nSPS) is 11.0. The van der Waals surface area contributed by atoms with Gasteiger partial charge in [-0.3, -0.25) is 19.1 Å². The lowest BCUT2D eigenvalue weighted by Gasteiger charge is -2.06. The van der Waals surface area contributed by atoms with Gasteiger partial charge in [0.2, 0.25) is 5.91 Å². The monoisotopic (exact) mass is 322 g/mol. The van der Waals surface area contributed by atoms with Gasteiger partial charge in [0.05, 0.1) is 32.3 Å².